The first kappa shape index (κ1) is 33.6. The van der Waals surface area contributed by atoms with Crippen molar-refractivity contribution < 1.29 is 4.79 Å². The average Bonchev–Trinajstić information content (AvgIpc) is 3.29. The summed E-state index contributed by atoms with van der Waals surface area (Å²) >= 11 is 1.73. The third-order valence-corrected chi connectivity index (χ3v) is 14.2. The van der Waals surface area contributed by atoms with Crippen LogP contribution < -0.4 is 0 Å². The number of allylic oxidation sites excluding steroid dienone is 2. The smallest absolute Gasteiger partial charge is 0.189 e. The van der Waals surface area contributed by atoms with Crippen LogP contribution in [0, 0.1) is 46.3 Å². The molecule has 0 heterocycles. The van der Waals surface area contributed by atoms with E-state index in [0.717, 1.165) is 48.3 Å². The molecule has 236 valence electrons. The van der Waals surface area contributed by atoms with Crippen molar-refractivity contribution in [2.24, 2.45) is 46.3 Å². The minimum atomic E-state index is 0.405. The summed E-state index contributed by atoms with van der Waals surface area (Å²) in [5, 5.41) is 1.01. The Labute approximate surface area is 260 Å². The lowest BCUT2D eigenvalue weighted by Gasteiger charge is -2.58. The molecule has 8 unspecified atom stereocenters. The van der Waals surface area contributed by atoms with Crippen LogP contribution in [0.25, 0.3) is 0 Å². The largest absolute Gasteiger partial charge is 0.287 e. The van der Waals surface area contributed by atoms with Crippen molar-refractivity contribution in [3.8, 4) is 0 Å². The van der Waals surface area contributed by atoms with Crippen molar-refractivity contribution in [3.05, 3.63) is 11.6 Å². The van der Waals surface area contributed by atoms with E-state index in [1.54, 1.807) is 17.3 Å². The molecular formula is C39H68OS. The van der Waals surface area contributed by atoms with Gasteiger partial charge in [0, 0.05) is 11.7 Å². The molecular weight excluding hydrogens is 516 g/mol. The van der Waals surface area contributed by atoms with Gasteiger partial charge in [-0.25, -0.2) is 0 Å². The fourth-order valence-corrected chi connectivity index (χ4v) is 11.7. The van der Waals surface area contributed by atoms with Crippen molar-refractivity contribution in [1.82, 2.24) is 0 Å². The SMILES string of the molecule is CCCCCCCCCCCC(=O)SC1CCC2(C)C(=CCC3C2CCC2(C)C(C(C)CCCC(C)C)CCC32)C1. The standard InChI is InChI=1S/C39H68OS/c1-7-8-9-10-11-12-13-14-15-19-37(40)41-32-24-26-38(5)31(28-32)20-21-33-35-23-22-34(30(4)18-16-17-29(2)3)39(35,6)27-25-36(33)38/h20,29-30,32-36H,7-19,21-28H2,1-6H3. The molecule has 1 nitrogen and oxygen atoms in total. The van der Waals surface area contributed by atoms with Crippen LogP contribution in [0.5, 0.6) is 0 Å². The first-order chi connectivity index (χ1) is 19.7. The quantitative estimate of drug-likeness (QED) is 0.133. The number of carbonyl (C=O) groups excluding carboxylic acids is 1. The number of hydrogen-bond acceptors (Lipinski definition) is 2. The third kappa shape index (κ3) is 8.28. The average molecular weight is 585 g/mol. The van der Waals surface area contributed by atoms with Crippen LogP contribution in [0.2, 0.25) is 0 Å². The van der Waals surface area contributed by atoms with Crippen molar-refractivity contribution in [2.75, 3.05) is 0 Å². The van der Waals surface area contributed by atoms with E-state index in [4.69, 9.17) is 0 Å². The van der Waals surface area contributed by atoms with Gasteiger partial charge in [-0.05, 0) is 104 Å². The van der Waals surface area contributed by atoms with E-state index in [2.05, 4.69) is 47.6 Å². The summed E-state index contributed by atoms with van der Waals surface area (Å²) in [5.74, 6) is 5.43. The normalized spacial score (nSPS) is 35.5. The number of carbonyl (C=O) groups is 1. The predicted molar refractivity (Wildman–Crippen MR) is 181 cm³/mol. The number of unbranched alkanes of at least 4 members (excludes halogenated alkanes) is 8. The lowest BCUT2D eigenvalue weighted by atomic mass is 9.47. The Bertz CT molecular complexity index is 845. The van der Waals surface area contributed by atoms with E-state index < -0.39 is 0 Å². The molecule has 4 aliphatic rings. The summed E-state index contributed by atoms with van der Waals surface area (Å²) in [6, 6.07) is 0. The Morgan fingerprint density at radius 2 is 1.56 bits per heavy atom. The Kier molecular flexibility index (Phi) is 12.9. The molecule has 0 bridgehead atoms. The van der Waals surface area contributed by atoms with Gasteiger partial charge in [0.15, 0.2) is 5.12 Å². The monoisotopic (exact) mass is 584 g/mol. The van der Waals surface area contributed by atoms with E-state index in [9.17, 15) is 4.79 Å². The molecule has 4 aliphatic carbocycles. The molecule has 3 fully saturated rings. The lowest BCUT2D eigenvalue weighted by molar-refractivity contribution is -0.111. The Morgan fingerprint density at radius 1 is 0.854 bits per heavy atom. The van der Waals surface area contributed by atoms with Crippen molar-refractivity contribution in [2.45, 2.75) is 182 Å². The van der Waals surface area contributed by atoms with E-state index in [1.807, 2.05) is 0 Å². The highest BCUT2D eigenvalue weighted by Crippen LogP contribution is 2.67. The minimum absolute atomic E-state index is 0.405. The maximum atomic E-state index is 12.9. The fourth-order valence-electron chi connectivity index (χ4n) is 10.6. The number of hydrogen-bond donors (Lipinski definition) is 0. The van der Waals surface area contributed by atoms with Gasteiger partial charge in [0.25, 0.3) is 0 Å². The molecule has 4 rings (SSSR count). The third-order valence-electron chi connectivity index (χ3n) is 13.0. The fraction of sp³-hybridized carbons (Fsp3) is 0.923. The van der Waals surface area contributed by atoms with E-state index in [0.29, 0.717) is 21.2 Å². The number of fused-ring (bicyclic) bond motifs is 5. The second-order valence-corrected chi connectivity index (χ2v) is 17.6. The van der Waals surface area contributed by atoms with Crippen molar-refractivity contribution in [3.63, 3.8) is 0 Å². The van der Waals surface area contributed by atoms with Gasteiger partial charge in [-0.2, -0.15) is 0 Å². The maximum Gasteiger partial charge on any atom is 0.189 e. The summed E-state index contributed by atoms with van der Waals surface area (Å²) in [7, 11) is 0. The first-order valence-electron chi connectivity index (χ1n) is 18.6. The molecule has 0 aromatic heterocycles. The van der Waals surface area contributed by atoms with E-state index >= 15 is 0 Å². The summed E-state index contributed by atoms with van der Waals surface area (Å²) < 4.78 is 0. The Hall–Kier alpha value is -0.240. The molecule has 0 aromatic carbocycles. The van der Waals surface area contributed by atoms with Crippen LogP contribution >= 0.6 is 11.8 Å². The summed E-state index contributed by atoms with van der Waals surface area (Å²) in [6.45, 7) is 15.0. The Morgan fingerprint density at radius 3 is 2.27 bits per heavy atom. The summed E-state index contributed by atoms with van der Waals surface area (Å²) in [6.07, 6.45) is 30.7. The van der Waals surface area contributed by atoms with Crippen LogP contribution in [0.15, 0.2) is 11.6 Å². The highest BCUT2D eigenvalue weighted by atomic mass is 32.2. The number of thioether (sulfide) groups is 1. The molecule has 0 saturated heterocycles. The second kappa shape index (κ2) is 15.7. The molecule has 0 aromatic rings. The minimum Gasteiger partial charge on any atom is -0.287 e. The van der Waals surface area contributed by atoms with Gasteiger partial charge in [-0.15, -0.1) is 0 Å². The predicted octanol–water partition coefficient (Wildman–Crippen LogP) is 12.6. The molecule has 0 aliphatic heterocycles. The van der Waals surface area contributed by atoms with E-state index in [1.165, 1.54) is 122 Å². The number of rotatable bonds is 16. The van der Waals surface area contributed by atoms with Gasteiger partial charge in [0.05, 0.1) is 0 Å². The lowest BCUT2D eigenvalue weighted by Crippen LogP contribution is -2.50. The highest BCUT2D eigenvalue weighted by Gasteiger charge is 2.59. The van der Waals surface area contributed by atoms with Crippen LogP contribution in [-0.4, -0.2) is 10.4 Å². The van der Waals surface area contributed by atoms with Gasteiger partial charge >= 0.3 is 0 Å². The zero-order valence-electron chi connectivity index (χ0n) is 28.3. The van der Waals surface area contributed by atoms with Crippen molar-refractivity contribution >= 4 is 16.9 Å². The molecule has 0 N–H and O–H groups in total. The van der Waals surface area contributed by atoms with Gasteiger partial charge < -0.3 is 0 Å². The zero-order chi connectivity index (χ0) is 29.5. The molecule has 0 spiro atoms. The van der Waals surface area contributed by atoms with E-state index in [-0.39, 0.29) is 0 Å². The summed E-state index contributed by atoms with van der Waals surface area (Å²) in [5.41, 5.74) is 2.73. The molecule has 41 heavy (non-hydrogen) atoms. The van der Waals surface area contributed by atoms with Crippen LogP contribution in [0.1, 0.15) is 176 Å². The van der Waals surface area contributed by atoms with Crippen LogP contribution in [0.3, 0.4) is 0 Å². The molecule has 0 radical (unpaired) electrons. The molecule has 2 heteroatoms. The first-order valence-corrected chi connectivity index (χ1v) is 19.5. The van der Waals surface area contributed by atoms with Crippen LogP contribution in [-0.2, 0) is 4.79 Å². The second-order valence-electron chi connectivity index (χ2n) is 16.2. The maximum absolute atomic E-state index is 12.9. The molecule has 8 atom stereocenters. The van der Waals surface area contributed by atoms with Gasteiger partial charge in [0.1, 0.15) is 0 Å². The topological polar surface area (TPSA) is 17.1 Å². The highest BCUT2D eigenvalue weighted by molar-refractivity contribution is 8.14. The van der Waals surface area contributed by atoms with Gasteiger partial charge in [0.2, 0.25) is 0 Å². The Balaban J connectivity index is 1.24. The van der Waals surface area contributed by atoms with Gasteiger partial charge in [-0.1, -0.05) is 136 Å². The summed E-state index contributed by atoms with van der Waals surface area (Å²) in [4.78, 5) is 12.9. The van der Waals surface area contributed by atoms with Crippen molar-refractivity contribution in [1.29, 1.82) is 0 Å². The molecule has 0 amide bonds. The molecule has 3 saturated carbocycles. The zero-order valence-corrected chi connectivity index (χ0v) is 29.1. The van der Waals surface area contributed by atoms with Crippen LogP contribution in [0.4, 0.5) is 0 Å². The van der Waals surface area contributed by atoms with Gasteiger partial charge in [-0.3, -0.25) is 4.79 Å².